The molecule has 27 heavy (non-hydrogen) atoms. The highest BCUT2D eigenvalue weighted by molar-refractivity contribution is 7.18. The highest BCUT2D eigenvalue weighted by atomic mass is 32.1. The number of nitrogens with zero attached hydrogens (tertiary/aromatic N) is 2. The van der Waals surface area contributed by atoms with Gasteiger partial charge in [-0.1, -0.05) is 59.9 Å². The molecule has 2 N–H and O–H groups in total. The number of nitrogens with one attached hydrogen (secondary N) is 2. The van der Waals surface area contributed by atoms with Gasteiger partial charge in [0.2, 0.25) is 11.0 Å². The third-order valence-electron chi connectivity index (χ3n) is 3.56. The van der Waals surface area contributed by atoms with Crippen LogP contribution in [0, 0.1) is 0 Å². The second-order valence-corrected chi connectivity index (χ2v) is 6.64. The quantitative estimate of drug-likeness (QED) is 0.655. The molecule has 0 aliphatic rings. The minimum atomic E-state index is -0.735. The molecule has 3 rings (SSSR count). The Bertz CT molecular complexity index is 900. The number of para-hydroxylation sites is 1. The number of amides is 2. The maximum absolute atomic E-state index is 12.2. The van der Waals surface area contributed by atoms with E-state index in [0.717, 1.165) is 5.56 Å². The lowest BCUT2D eigenvalue weighted by molar-refractivity contribution is -0.127. The Morgan fingerprint density at radius 3 is 2.41 bits per heavy atom. The molecular weight excluding hydrogens is 364 g/mol. The van der Waals surface area contributed by atoms with Crippen molar-refractivity contribution in [1.82, 2.24) is 15.5 Å². The van der Waals surface area contributed by atoms with Gasteiger partial charge in [0.1, 0.15) is 16.8 Å². The lowest BCUT2D eigenvalue weighted by atomic mass is 10.2. The number of aromatic nitrogens is 2. The predicted molar refractivity (Wildman–Crippen MR) is 104 cm³/mol. The van der Waals surface area contributed by atoms with Gasteiger partial charge >= 0.3 is 0 Å². The lowest BCUT2D eigenvalue weighted by Gasteiger charge is -2.13. The minimum absolute atomic E-state index is 0.168. The monoisotopic (exact) mass is 382 g/mol. The average Bonchev–Trinajstić information content (AvgIpc) is 3.16. The Morgan fingerprint density at radius 1 is 1.04 bits per heavy atom. The molecule has 138 valence electrons. The molecule has 2 aromatic carbocycles. The Labute approximate surface area is 160 Å². The molecule has 1 heterocycles. The van der Waals surface area contributed by atoms with Crippen LogP contribution in [-0.2, 0) is 9.59 Å². The van der Waals surface area contributed by atoms with Crippen molar-refractivity contribution in [2.45, 2.75) is 13.0 Å². The largest absolute Gasteiger partial charge is 0.484 e. The summed E-state index contributed by atoms with van der Waals surface area (Å²) in [6.45, 7) is 1.42. The van der Waals surface area contributed by atoms with Crippen LogP contribution >= 0.6 is 11.3 Å². The van der Waals surface area contributed by atoms with Crippen molar-refractivity contribution in [1.29, 1.82) is 0 Å². The molecule has 3 aromatic rings. The summed E-state index contributed by atoms with van der Waals surface area (Å²) < 4.78 is 5.35. The summed E-state index contributed by atoms with van der Waals surface area (Å²) in [7, 11) is 0. The first kappa shape index (κ1) is 18.5. The Kier molecular flexibility index (Phi) is 6.11. The molecule has 0 aliphatic carbocycles. The van der Waals surface area contributed by atoms with Gasteiger partial charge in [0.25, 0.3) is 5.91 Å². The van der Waals surface area contributed by atoms with E-state index in [-0.39, 0.29) is 18.4 Å². The normalized spacial score (nSPS) is 11.4. The SMILES string of the molecule is CC(NC(=O)COc1ccccc1)C(=O)Nc1nnc(-c2ccccc2)s1. The van der Waals surface area contributed by atoms with Crippen LogP contribution in [0.3, 0.4) is 0 Å². The fourth-order valence-corrected chi connectivity index (χ4v) is 2.95. The first-order valence-corrected chi connectivity index (χ1v) is 9.10. The van der Waals surface area contributed by atoms with Crippen LogP contribution in [0.1, 0.15) is 6.92 Å². The van der Waals surface area contributed by atoms with Crippen molar-refractivity contribution in [3.05, 3.63) is 60.7 Å². The Balaban J connectivity index is 1.49. The smallest absolute Gasteiger partial charge is 0.258 e. The zero-order chi connectivity index (χ0) is 19.1. The molecule has 1 aromatic heterocycles. The van der Waals surface area contributed by atoms with Crippen LogP contribution in [0.4, 0.5) is 5.13 Å². The molecule has 0 spiro atoms. The topological polar surface area (TPSA) is 93.2 Å². The maximum Gasteiger partial charge on any atom is 0.258 e. The number of anilines is 1. The van der Waals surface area contributed by atoms with Crippen LogP contribution in [0.2, 0.25) is 0 Å². The van der Waals surface area contributed by atoms with E-state index < -0.39 is 6.04 Å². The summed E-state index contributed by atoms with van der Waals surface area (Å²) in [5, 5.41) is 14.4. The molecule has 0 radical (unpaired) electrons. The second-order valence-electron chi connectivity index (χ2n) is 5.66. The lowest BCUT2D eigenvalue weighted by Crippen LogP contribution is -2.43. The maximum atomic E-state index is 12.2. The first-order chi connectivity index (χ1) is 13.1. The molecule has 1 unspecified atom stereocenters. The molecule has 2 amide bonds. The fraction of sp³-hybridized carbons (Fsp3) is 0.158. The third kappa shape index (κ3) is 5.35. The number of hydrogen-bond acceptors (Lipinski definition) is 6. The second kappa shape index (κ2) is 8.91. The highest BCUT2D eigenvalue weighted by Gasteiger charge is 2.18. The summed E-state index contributed by atoms with van der Waals surface area (Å²) in [5.41, 5.74) is 0.926. The van der Waals surface area contributed by atoms with Crippen LogP contribution in [0.5, 0.6) is 5.75 Å². The van der Waals surface area contributed by atoms with Gasteiger partial charge < -0.3 is 10.1 Å². The molecule has 0 fully saturated rings. The summed E-state index contributed by atoms with van der Waals surface area (Å²) in [6, 6.07) is 17.8. The zero-order valence-electron chi connectivity index (χ0n) is 14.6. The number of carbonyl (C=O) groups is 2. The Morgan fingerprint density at radius 2 is 1.70 bits per heavy atom. The van der Waals surface area contributed by atoms with E-state index in [9.17, 15) is 9.59 Å². The van der Waals surface area contributed by atoms with Gasteiger partial charge in [0.15, 0.2) is 6.61 Å². The molecule has 0 saturated carbocycles. The molecule has 0 bridgehead atoms. The van der Waals surface area contributed by atoms with Crippen molar-refractivity contribution in [3.63, 3.8) is 0 Å². The van der Waals surface area contributed by atoms with E-state index in [4.69, 9.17) is 4.74 Å². The standard InChI is InChI=1S/C19H18N4O3S/c1-13(20-16(24)12-26-15-10-6-3-7-11-15)17(25)21-19-23-22-18(27-19)14-8-4-2-5-9-14/h2-11,13H,12H2,1H3,(H,20,24)(H,21,23,25). The molecule has 1 atom stereocenters. The average molecular weight is 382 g/mol. The van der Waals surface area contributed by atoms with Gasteiger partial charge in [-0.3, -0.25) is 14.9 Å². The van der Waals surface area contributed by atoms with Gasteiger partial charge in [-0.05, 0) is 19.1 Å². The van der Waals surface area contributed by atoms with Crippen molar-refractivity contribution in [2.75, 3.05) is 11.9 Å². The minimum Gasteiger partial charge on any atom is -0.484 e. The number of carbonyl (C=O) groups excluding carboxylic acids is 2. The van der Waals surface area contributed by atoms with Gasteiger partial charge in [-0.25, -0.2) is 0 Å². The van der Waals surface area contributed by atoms with Crippen molar-refractivity contribution >= 4 is 28.3 Å². The zero-order valence-corrected chi connectivity index (χ0v) is 15.4. The molecule has 0 saturated heterocycles. The van der Waals surface area contributed by atoms with Crippen LogP contribution < -0.4 is 15.4 Å². The number of ether oxygens (including phenoxy) is 1. The van der Waals surface area contributed by atoms with E-state index in [2.05, 4.69) is 20.8 Å². The van der Waals surface area contributed by atoms with Gasteiger partial charge in [0.05, 0.1) is 0 Å². The molecular formula is C19H18N4O3S. The van der Waals surface area contributed by atoms with E-state index in [1.165, 1.54) is 11.3 Å². The summed E-state index contributed by atoms with van der Waals surface area (Å²) in [5.74, 6) is -0.172. The van der Waals surface area contributed by atoms with Gasteiger partial charge in [-0.2, -0.15) is 0 Å². The predicted octanol–water partition coefficient (Wildman–Crippen LogP) is 2.73. The van der Waals surface area contributed by atoms with E-state index in [1.54, 1.807) is 19.1 Å². The van der Waals surface area contributed by atoms with Crippen molar-refractivity contribution < 1.29 is 14.3 Å². The third-order valence-corrected chi connectivity index (χ3v) is 4.45. The van der Waals surface area contributed by atoms with Crippen molar-refractivity contribution in [2.24, 2.45) is 0 Å². The summed E-state index contributed by atoms with van der Waals surface area (Å²) in [4.78, 5) is 24.2. The first-order valence-electron chi connectivity index (χ1n) is 8.29. The van der Waals surface area contributed by atoms with E-state index in [1.807, 2.05) is 48.5 Å². The number of rotatable bonds is 7. The van der Waals surface area contributed by atoms with Crippen LogP contribution in [0.15, 0.2) is 60.7 Å². The fourth-order valence-electron chi connectivity index (χ4n) is 2.20. The summed E-state index contributed by atoms with van der Waals surface area (Å²) in [6.07, 6.45) is 0. The summed E-state index contributed by atoms with van der Waals surface area (Å²) >= 11 is 1.27. The Hall–Kier alpha value is -3.26. The van der Waals surface area contributed by atoms with E-state index >= 15 is 0 Å². The number of benzene rings is 2. The van der Waals surface area contributed by atoms with Gasteiger partial charge in [0, 0.05) is 5.56 Å². The molecule has 8 heteroatoms. The van der Waals surface area contributed by atoms with Crippen molar-refractivity contribution in [3.8, 4) is 16.3 Å². The van der Waals surface area contributed by atoms with Crippen LogP contribution in [0.25, 0.3) is 10.6 Å². The molecule has 7 nitrogen and oxygen atoms in total. The molecule has 0 aliphatic heterocycles. The highest BCUT2D eigenvalue weighted by Crippen LogP contribution is 2.25. The van der Waals surface area contributed by atoms with Gasteiger partial charge in [-0.15, -0.1) is 10.2 Å². The van der Waals surface area contributed by atoms with E-state index in [0.29, 0.717) is 15.9 Å². The van der Waals surface area contributed by atoms with Crippen LogP contribution in [-0.4, -0.2) is 34.7 Å². The number of hydrogen-bond donors (Lipinski definition) is 2.